The Hall–Kier alpha value is -2.24. The second-order valence-electron chi connectivity index (χ2n) is 6.17. The van der Waals surface area contributed by atoms with Crippen LogP contribution in [-0.2, 0) is 11.3 Å². The van der Waals surface area contributed by atoms with Gasteiger partial charge in [0.2, 0.25) is 5.91 Å². The van der Waals surface area contributed by atoms with E-state index >= 15 is 0 Å². The average Bonchev–Trinajstić information content (AvgIpc) is 2.60. The highest BCUT2D eigenvalue weighted by molar-refractivity contribution is 5.79. The van der Waals surface area contributed by atoms with E-state index in [1.807, 2.05) is 24.3 Å². The lowest BCUT2D eigenvalue weighted by Crippen LogP contribution is -2.44. The fourth-order valence-corrected chi connectivity index (χ4v) is 2.78. The monoisotopic (exact) mass is 333 g/mol. The second kappa shape index (κ2) is 9.15. The van der Waals surface area contributed by atoms with Crippen molar-refractivity contribution < 1.29 is 14.3 Å². The van der Waals surface area contributed by atoms with E-state index in [0.29, 0.717) is 39.1 Å². The van der Waals surface area contributed by atoms with Gasteiger partial charge in [-0.25, -0.2) is 4.79 Å². The first kappa shape index (κ1) is 18.1. The van der Waals surface area contributed by atoms with Crippen LogP contribution in [0.2, 0.25) is 0 Å². The molecule has 1 fully saturated rings. The second-order valence-corrected chi connectivity index (χ2v) is 6.17. The summed E-state index contributed by atoms with van der Waals surface area (Å²) in [6.45, 7) is 4.43. The van der Waals surface area contributed by atoms with Crippen molar-refractivity contribution in [2.75, 3.05) is 19.7 Å². The van der Waals surface area contributed by atoms with Crippen LogP contribution in [0.25, 0.3) is 0 Å². The summed E-state index contributed by atoms with van der Waals surface area (Å²) >= 11 is 0. The topological polar surface area (TPSA) is 84.7 Å². The number of nitrogens with zero attached hydrogens (tertiary/aromatic N) is 1. The van der Waals surface area contributed by atoms with Crippen LogP contribution in [0.4, 0.5) is 4.79 Å². The van der Waals surface area contributed by atoms with E-state index < -0.39 is 6.03 Å². The SMILES string of the molecule is CCCCOc1cccc(CNC(=O)C2CCN(C(N)=O)CC2)c1. The molecule has 0 spiro atoms. The third-order valence-corrected chi connectivity index (χ3v) is 4.31. The molecule has 0 atom stereocenters. The van der Waals surface area contributed by atoms with Crippen LogP contribution >= 0.6 is 0 Å². The zero-order chi connectivity index (χ0) is 17.4. The maximum atomic E-state index is 12.3. The largest absolute Gasteiger partial charge is 0.494 e. The molecule has 1 aliphatic heterocycles. The van der Waals surface area contributed by atoms with Gasteiger partial charge in [-0.3, -0.25) is 4.79 Å². The Kier molecular flexibility index (Phi) is 6.90. The van der Waals surface area contributed by atoms with Crippen LogP contribution in [0.1, 0.15) is 38.2 Å². The fraction of sp³-hybridized carbons (Fsp3) is 0.556. The van der Waals surface area contributed by atoms with E-state index in [4.69, 9.17) is 10.5 Å². The number of carbonyl (C=O) groups excluding carboxylic acids is 2. The number of unbranched alkanes of at least 4 members (excludes halogenated alkanes) is 1. The molecule has 1 aromatic rings. The number of ether oxygens (including phenoxy) is 1. The maximum Gasteiger partial charge on any atom is 0.314 e. The quantitative estimate of drug-likeness (QED) is 0.751. The van der Waals surface area contributed by atoms with Crippen molar-refractivity contribution in [3.05, 3.63) is 29.8 Å². The molecular formula is C18H27N3O3. The van der Waals surface area contributed by atoms with Crippen molar-refractivity contribution in [2.45, 2.75) is 39.2 Å². The average molecular weight is 333 g/mol. The third-order valence-electron chi connectivity index (χ3n) is 4.31. The lowest BCUT2D eigenvalue weighted by molar-refractivity contribution is -0.126. The van der Waals surface area contributed by atoms with Gasteiger partial charge >= 0.3 is 6.03 Å². The molecule has 1 aliphatic rings. The van der Waals surface area contributed by atoms with Crippen molar-refractivity contribution in [2.24, 2.45) is 11.7 Å². The normalized spacial score (nSPS) is 15.1. The lowest BCUT2D eigenvalue weighted by atomic mass is 9.96. The first-order valence-electron chi connectivity index (χ1n) is 8.64. The Balaban J connectivity index is 1.77. The Labute approximate surface area is 143 Å². The van der Waals surface area contributed by atoms with Crippen molar-refractivity contribution >= 4 is 11.9 Å². The zero-order valence-electron chi connectivity index (χ0n) is 14.3. The molecule has 0 aliphatic carbocycles. The maximum absolute atomic E-state index is 12.3. The van der Waals surface area contributed by atoms with Gasteiger partial charge in [0.15, 0.2) is 0 Å². The summed E-state index contributed by atoms with van der Waals surface area (Å²) in [6.07, 6.45) is 3.46. The zero-order valence-corrected chi connectivity index (χ0v) is 14.3. The molecule has 2 rings (SSSR count). The number of carbonyl (C=O) groups is 2. The standard InChI is InChI=1S/C18H27N3O3/c1-2-3-11-24-16-6-4-5-14(12-16)13-20-17(22)15-7-9-21(10-8-15)18(19)23/h4-6,12,15H,2-3,7-11,13H2,1H3,(H2,19,23)(H,20,22). The molecule has 3 N–H and O–H groups in total. The number of nitrogens with two attached hydrogens (primary N) is 1. The summed E-state index contributed by atoms with van der Waals surface area (Å²) in [5.41, 5.74) is 6.28. The van der Waals surface area contributed by atoms with Crippen LogP contribution in [0, 0.1) is 5.92 Å². The lowest BCUT2D eigenvalue weighted by Gasteiger charge is -2.29. The molecule has 1 heterocycles. The van der Waals surface area contributed by atoms with Crippen LogP contribution in [0.3, 0.4) is 0 Å². The number of benzene rings is 1. The molecule has 6 heteroatoms. The van der Waals surface area contributed by atoms with E-state index in [2.05, 4.69) is 12.2 Å². The minimum Gasteiger partial charge on any atom is -0.494 e. The minimum absolute atomic E-state index is 0.0384. The van der Waals surface area contributed by atoms with E-state index in [1.165, 1.54) is 0 Å². The Bertz CT molecular complexity index is 554. The van der Waals surface area contributed by atoms with Gasteiger partial charge in [-0.1, -0.05) is 25.5 Å². The van der Waals surface area contributed by atoms with Gasteiger partial charge in [0.1, 0.15) is 5.75 Å². The molecule has 1 aromatic carbocycles. The van der Waals surface area contributed by atoms with E-state index in [9.17, 15) is 9.59 Å². The predicted molar refractivity (Wildman–Crippen MR) is 92.6 cm³/mol. The number of hydrogen-bond donors (Lipinski definition) is 2. The third kappa shape index (κ3) is 5.44. The van der Waals surface area contributed by atoms with Gasteiger partial charge in [0.05, 0.1) is 6.61 Å². The summed E-state index contributed by atoms with van der Waals surface area (Å²) < 4.78 is 5.68. The van der Waals surface area contributed by atoms with Crippen LogP contribution in [0.15, 0.2) is 24.3 Å². The number of primary amides is 1. The first-order chi connectivity index (χ1) is 11.6. The van der Waals surface area contributed by atoms with Gasteiger partial charge < -0.3 is 20.7 Å². The van der Waals surface area contributed by atoms with Crippen LogP contribution in [-0.4, -0.2) is 36.5 Å². The molecule has 0 bridgehead atoms. The predicted octanol–water partition coefficient (Wildman–Crippen LogP) is 2.27. The van der Waals surface area contributed by atoms with Crippen LogP contribution in [0.5, 0.6) is 5.75 Å². The first-order valence-corrected chi connectivity index (χ1v) is 8.64. The number of likely N-dealkylation sites (tertiary alicyclic amines) is 1. The molecule has 0 saturated carbocycles. The number of amides is 3. The molecule has 6 nitrogen and oxygen atoms in total. The number of piperidine rings is 1. The highest BCUT2D eigenvalue weighted by Crippen LogP contribution is 2.18. The molecule has 0 unspecified atom stereocenters. The van der Waals surface area contributed by atoms with Crippen molar-refractivity contribution in [3.63, 3.8) is 0 Å². The summed E-state index contributed by atoms with van der Waals surface area (Å²) in [5, 5.41) is 2.98. The van der Waals surface area contributed by atoms with Crippen LogP contribution < -0.4 is 15.8 Å². The van der Waals surface area contributed by atoms with Gasteiger partial charge in [-0.2, -0.15) is 0 Å². The molecule has 0 aromatic heterocycles. The summed E-state index contributed by atoms with van der Waals surface area (Å²) in [7, 11) is 0. The smallest absolute Gasteiger partial charge is 0.314 e. The number of hydrogen-bond acceptors (Lipinski definition) is 3. The highest BCUT2D eigenvalue weighted by Gasteiger charge is 2.26. The van der Waals surface area contributed by atoms with Gasteiger partial charge in [-0.15, -0.1) is 0 Å². The highest BCUT2D eigenvalue weighted by atomic mass is 16.5. The van der Waals surface area contributed by atoms with Crippen molar-refractivity contribution in [1.29, 1.82) is 0 Å². The van der Waals surface area contributed by atoms with E-state index in [-0.39, 0.29) is 11.8 Å². The van der Waals surface area contributed by atoms with E-state index in [1.54, 1.807) is 4.90 Å². The number of nitrogens with one attached hydrogen (secondary N) is 1. The molecule has 1 saturated heterocycles. The van der Waals surface area contributed by atoms with Crippen molar-refractivity contribution in [3.8, 4) is 5.75 Å². The summed E-state index contributed by atoms with van der Waals surface area (Å²) in [4.78, 5) is 25.0. The Morgan fingerprint density at radius 3 is 2.75 bits per heavy atom. The Morgan fingerprint density at radius 1 is 1.33 bits per heavy atom. The van der Waals surface area contributed by atoms with Gasteiger partial charge in [0.25, 0.3) is 0 Å². The minimum atomic E-state index is -0.409. The van der Waals surface area contributed by atoms with Gasteiger partial charge in [0, 0.05) is 25.6 Å². The van der Waals surface area contributed by atoms with Crippen molar-refractivity contribution in [1.82, 2.24) is 10.2 Å². The van der Waals surface area contributed by atoms with E-state index in [0.717, 1.165) is 24.2 Å². The summed E-state index contributed by atoms with van der Waals surface area (Å²) in [5.74, 6) is 0.825. The number of rotatable bonds is 7. The number of urea groups is 1. The fourth-order valence-electron chi connectivity index (χ4n) is 2.78. The van der Waals surface area contributed by atoms with Gasteiger partial charge in [-0.05, 0) is 37.0 Å². The molecule has 24 heavy (non-hydrogen) atoms. The molecule has 132 valence electrons. The summed E-state index contributed by atoms with van der Waals surface area (Å²) in [6, 6.07) is 7.40. The molecule has 3 amide bonds. The molecular weight excluding hydrogens is 306 g/mol. The Morgan fingerprint density at radius 2 is 2.08 bits per heavy atom. The molecule has 0 radical (unpaired) electrons.